The van der Waals surface area contributed by atoms with Crippen molar-refractivity contribution < 1.29 is 18.0 Å². The van der Waals surface area contributed by atoms with Gasteiger partial charge in [0, 0.05) is 44.8 Å². The number of hydrogen-bond donors (Lipinski definition) is 1. The number of nitrogens with zero attached hydrogens (tertiary/aromatic N) is 3. The van der Waals surface area contributed by atoms with E-state index in [4.69, 9.17) is 0 Å². The average Bonchev–Trinajstić information content (AvgIpc) is 3.05. The van der Waals surface area contributed by atoms with Crippen LogP contribution in [0, 0.1) is 0 Å². The van der Waals surface area contributed by atoms with Crippen LogP contribution in [0.2, 0.25) is 0 Å². The second kappa shape index (κ2) is 8.91. The molecule has 0 aliphatic carbocycles. The van der Waals surface area contributed by atoms with Gasteiger partial charge in [-0.3, -0.25) is 18.8 Å². The van der Waals surface area contributed by atoms with Crippen molar-refractivity contribution >= 4 is 27.5 Å². The Bertz CT molecular complexity index is 819. The largest absolute Gasteiger partial charge is 0.355 e. The Labute approximate surface area is 166 Å². The molecule has 154 valence electrons. The van der Waals surface area contributed by atoms with Gasteiger partial charge in [0.2, 0.25) is 15.9 Å². The van der Waals surface area contributed by atoms with Crippen LogP contribution in [0.1, 0.15) is 30.1 Å². The van der Waals surface area contributed by atoms with Gasteiger partial charge in [0.05, 0.1) is 18.0 Å². The molecule has 1 N–H and O–H groups in total. The Hall–Kier alpha value is -2.13. The summed E-state index contributed by atoms with van der Waals surface area (Å²) in [7, 11) is -3.27. The highest BCUT2D eigenvalue weighted by Gasteiger charge is 2.29. The number of rotatable bonds is 6. The lowest BCUT2D eigenvalue weighted by atomic mass is 10.1. The summed E-state index contributed by atoms with van der Waals surface area (Å²) in [5, 5.41) is 2.86. The maximum absolute atomic E-state index is 12.9. The molecule has 0 bridgehead atoms. The topological polar surface area (TPSA) is 90.0 Å². The van der Waals surface area contributed by atoms with Crippen LogP contribution in [-0.2, 0) is 14.8 Å². The van der Waals surface area contributed by atoms with Crippen molar-refractivity contribution in [2.45, 2.75) is 19.8 Å². The van der Waals surface area contributed by atoms with Crippen LogP contribution in [0.25, 0.3) is 0 Å². The van der Waals surface area contributed by atoms with E-state index < -0.39 is 10.0 Å². The maximum Gasteiger partial charge on any atom is 0.254 e. The highest BCUT2D eigenvalue weighted by molar-refractivity contribution is 7.93. The Balaban J connectivity index is 1.58. The molecule has 0 radical (unpaired) electrons. The van der Waals surface area contributed by atoms with E-state index in [0.717, 1.165) is 6.42 Å². The molecule has 1 aromatic carbocycles. The van der Waals surface area contributed by atoms with Crippen molar-refractivity contribution in [3.8, 4) is 0 Å². The number of carbonyl (C=O) groups excluding carboxylic acids is 2. The molecule has 2 aliphatic heterocycles. The van der Waals surface area contributed by atoms with Crippen LogP contribution >= 0.6 is 0 Å². The minimum atomic E-state index is -3.27. The van der Waals surface area contributed by atoms with E-state index in [2.05, 4.69) is 5.32 Å². The average molecular weight is 409 g/mol. The fourth-order valence-electron chi connectivity index (χ4n) is 3.54. The molecule has 0 unspecified atom stereocenters. The van der Waals surface area contributed by atoms with Gasteiger partial charge in [-0.25, -0.2) is 8.42 Å². The fraction of sp³-hybridized carbons (Fsp3) is 0.579. The van der Waals surface area contributed by atoms with Gasteiger partial charge >= 0.3 is 0 Å². The summed E-state index contributed by atoms with van der Waals surface area (Å²) in [5.74, 6) is 0.0635. The van der Waals surface area contributed by atoms with Crippen molar-refractivity contribution in [2.24, 2.45) is 0 Å². The van der Waals surface area contributed by atoms with Gasteiger partial charge < -0.3 is 10.2 Å². The first-order valence-electron chi connectivity index (χ1n) is 9.79. The first-order valence-corrected chi connectivity index (χ1v) is 11.4. The maximum atomic E-state index is 12.9. The second-order valence-electron chi connectivity index (χ2n) is 7.21. The Morgan fingerprint density at radius 1 is 1.11 bits per heavy atom. The molecule has 3 rings (SSSR count). The van der Waals surface area contributed by atoms with Crippen LogP contribution in [0.3, 0.4) is 0 Å². The van der Waals surface area contributed by atoms with E-state index in [-0.39, 0.29) is 17.6 Å². The highest BCUT2D eigenvalue weighted by Crippen LogP contribution is 2.25. The Morgan fingerprint density at radius 3 is 2.50 bits per heavy atom. The van der Waals surface area contributed by atoms with Crippen LogP contribution in [0.4, 0.5) is 5.69 Å². The molecular weight excluding hydrogens is 380 g/mol. The standard InChI is InChI=1S/C19H28N4O4S/c1-2-7-20-18(24)15-21-9-11-22(12-10-21)19(25)16-5-3-6-17(14-16)23-8-4-13-28(23,26)27/h3,5-6,14H,2,4,7-13,15H2,1H3,(H,20,24). The third-order valence-electron chi connectivity index (χ3n) is 5.08. The smallest absolute Gasteiger partial charge is 0.254 e. The number of anilines is 1. The van der Waals surface area contributed by atoms with E-state index in [1.807, 2.05) is 11.8 Å². The zero-order chi connectivity index (χ0) is 20.1. The molecule has 0 atom stereocenters. The summed E-state index contributed by atoms with van der Waals surface area (Å²) in [4.78, 5) is 28.5. The number of nitrogens with one attached hydrogen (secondary N) is 1. The lowest BCUT2D eigenvalue weighted by Crippen LogP contribution is -2.51. The van der Waals surface area contributed by atoms with Crippen molar-refractivity contribution in [1.29, 1.82) is 0 Å². The summed E-state index contributed by atoms with van der Waals surface area (Å²) in [6.07, 6.45) is 1.51. The van der Waals surface area contributed by atoms with E-state index >= 15 is 0 Å². The van der Waals surface area contributed by atoms with Crippen LogP contribution < -0.4 is 9.62 Å². The normalized spacial score (nSPS) is 19.6. The predicted molar refractivity (Wildman–Crippen MR) is 108 cm³/mol. The zero-order valence-corrected chi connectivity index (χ0v) is 17.1. The number of piperazine rings is 1. The SMILES string of the molecule is CCCNC(=O)CN1CCN(C(=O)c2cccc(N3CCCS3(=O)=O)c2)CC1. The van der Waals surface area contributed by atoms with Gasteiger partial charge in [0.25, 0.3) is 5.91 Å². The molecule has 0 spiro atoms. The summed E-state index contributed by atoms with van der Waals surface area (Å²) in [5.41, 5.74) is 1.04. The van der Waals surface area contributed by atoms with Gasteiger partial charge in [0.1, 0.15) is 0 Å². The van der Waals surface area contributed by atoms with Crippen LogP contribution in [0.5, 0.6) is 0 Å². The lowest BCUT2D eigenvalue weighted by molar-refractivity contribution is -0.122. The van der Waals surface area contributed by atoms with E-state index in [1.54, 1.807) is 29.2 Å². The van der Waals surface area contributed by atoms with Crippen LogP contribution in [0.15, 0.2) is 24.3 Å². The fourth-order valence-corrected chi connectivity index (χ4v) is 5.09. The van der Waals surface area contributed by atoms with Gasteiger partial charge in [0.15, 0.2) is 0 Å². The predicted octanol–water partition coefficient (Wildman–Crippen LogP) is 0.511. The molecule has 1 aromatic rings. The van der Waals surface area contributed by atoms with Gasteiger partial charge in [-0.15, -0.1) is 0 Å². The van der Waals surface area contributed by atoms with Gasteiger partial charge in [-0.05, 0) is 31.0 Å². The van der Waals surface area contributed by atoms with E-state index in [0.29, 0.717) is 63.5 Å². The zero-order valence-electron chi connectivity index (χ0n) is 16.3. The summed E-state index contributed by atoms with van der Waals surface area (Å²) < 4.78 is 25.6. The molecular formula is C19H28N4O4S. The number of hydrogen-bond acceptors (Lipinski definition) is 5. The van der Waals surface area contributed by atoms with Crippen molar-refractivity contribution in [3.63, 3.8) is 0 Å². The Morgan fingerprint density at radius 2 is 1.86 bits per heavy atom. The third kappa shape index (κ3) is 4.82. The summed E-state index contributed by atoms with van der Waals surface area (Å²) >= 11 is 0. The van der Waals surface area contributed by atoms with E-state index in [9.17, 15) is 18.0 Å². The van der Waals surface area contributed by atoms with Crippen molar-refractivity contribution in [1.82, 2.24) is 15.1 Å². The number of benzene rings is 1. The monoisotopic (exact) mass is 408 g/mol. The highest BCUT2D eigenvalue weighted by atomic mass is 32.2. The van der Waals surface area contributed by atoms with Crippen molar-refractivity contribution in [2.75, 3.05) is 55.9 Å². The van der Waals surface area contributed by atoms with Gasteiger partial charge in [-0.1, -0.05) is 13.0 Å². The van der Waals surface area contributed by atoms with Crippen LogP contribution in [-0.4, -0.2) is 81.6 Å². The molecule has 2 amide bonds. The summed E-state index contributed by atoms with van der Waals surface area (Å²) in [6.45, 7) is 5.89. The minimum absolute atomic E-state index is 0.0150. The molecule has 2 aliphatic rings. The minimum Gasteiger partial charge on any atom is -0.355 e. The third-order valence-corrected chi connectivity index (χ3v) is 6.95. The number of amides is 2. The quantitative estimate of drug-likeness (QED) is 0.741. The van der Waals surface area contributed by atoms with E-state index in [1.165, 1.54) is 4.31 Å². The van der Waals surface area contributed by atoms with Crippen molar-refractivity contribution in [3.05, 3.63) is 29.8 Å². The molecule has 9 heteroatoms. The lowest BCUT2D eigenvalue weighted by Gasteiger charge is -2.34. The first-order chi connectivity index (χ1) is 13.4. The molecule has 28 heavy (non-hydrogen) atoms. The molecule has 0 saturated carbocycles. The first kappa shape index (κ1) is 20.6. The van der Waals surface area contributed by atoms with Gasteiger partial charge in [-0.2, -0.15) is 0 Å². The number of sulfonamides is 1. The Kier molecular flexibility index (Phi) is 6.56. The second-order valence-corrected chi connectivity index (χ2v) is 9.22. The molecule has 8 nitrogen and oxygen atoms in total. The number of carbonyl (C=O) groups is 2. The summed E-state index contributed by atoms with van der Waals surface area (Å²) in [6, 6.07) is 6.84. The molecule has 2 saturated heterocycles. The molecule has 2 heterocycles. The molecule has 2 fully saturated rings. The molecule has 0 aromatic heterocycles.